The Morgan fingerprint density at radius 3 is 2.19 bits per heavy atom. The van der Waals surface area contributed by atoms with E-state index in [1.54, 1.807) is 0 Å². The summed E-state index contributed by atoms with van der Waals surface area (Å²) >= 11 is 5.11. The standard InChI is InChI=1S/C7H3ClF5NOS/c8-7-5(14-4-15)2-1-3-6(7)16(9,10,11,12)13/h1-3H. The van der Waals surface area contributed by atoms with Crippen molar-refractivity contribution < 1.29 is 24.2 Å². The summed E-state index contributed by atoms with van der Waals surface area (Å²) in [6, 6.07) is 1.70. The number of nitrogens with zero attached hydrogens (tertiary/aromatic N) is 1. The molecule has 0 saturated carbocycles. The van der Waals surface area contributed by atoms with Crippen LogP contribution in [-0.2, 0) is 4.79 Å². The molecule has 0 amide bonds. The van der Waals surface area contributed by atoms with E-state index in [1.807, 2.05) is 0 Å². The van der Waals surface area contributed by atoms with E-state index in [-0.39, 0.29) is 6.07 Å². The van der Waals surface area contributed by atoms with E-state index in [9.17, 15) is 24.2 Å². The first kappa shape index (κ1) is 13.0. The molecule has 0 unspecified atom stereocenters. The lowest BCUT2D eigenvalue weighted by Crippen LogP contribution is -2.06. The Balaban J connectivity index is 3.63. The molecule has 0 N–H and O–H groups in total. The number of carbonyl (C=O) groups excluding carboxylic acids is 1. The molecule has 1 aromatic rings. The van der Waals surface area contributed by atoms with Crippen LogP contribution in [0.25, 0.3) is 0 Å². The molecule has 16 heavy (non-hydrogen) atoms. The van der Waals surface area contributed by atoms with Gasteiger partial charge in [0.2, 0.25) is 6.08 Å². The van der Waals surface area contributed by atoms with Gasteiger partial charge in [-0.15, -0.1) is 0 Å². The molecule has 0 atom stereocenters. The molecule has 1 rings (SSSR count). The quantitative estimate of drug-likeness (QED) is 0.427. The van der Waals surface area contributed by atoms with E-state index in [4.69, 9.17) is 11.6 Å². The zero-order valence-electron chi connectivity index (χ0n) is 7.26. The maximum Gasteiger partial charge on any atom is 0.311 e. The summed E-state index contributed by atoms with van der Waals surface area (Å²) in [4.78, 5) is 10.4. The maximum atomic E-state index is 12.4. The molecule has 1 aromatic carbocycles. The van der Waals surface area contributed by atoms with Crippen LogP contribution in [-0.4, -0.2) is 6.08 Å². The highest BCUT2D eigenvalue weighted by Gasteiger charge is 2.66. The number of benzene rings is 1. The highest BCUT2D eigenvalue weighted by molar-refractivity contribution is 8.45. The Labute approximate surface area is 91.5 Å². The molecule has 0 saturated heterocycles. The van der Waals surface area contributed by atoms with Crippen molar-refractivity contribution in [1.82, 2.24) is 0 Å². The van der Waals surface area contributed by atoms with Crippen molar-refractivity contribution in [3.8, 4) is 0 Å². The molecule has 0 fully saturated rings. The molecular weight excluding hydrogens is 277 g/mol. The van der Waals surface area contributed by atoms with Crippen LogP contribution in [0.2, 0.25) is 5.02 Å². The van der Waals surface area contributed by atoms with E-state index >= 15 is 0 Å². The van der Waals surface area contributed by atoms with Crippen LogP contribution in [0, 0.1) is 0 Å². The maximum absolute atomic E-state index is 12.4. The predicted molar refractivity (Wildman–Crippen MR) is 50.6 cm³/mol. The number of hydrogen-bond acceptors (Lipinski definition) is 2. The number of halogens is 6. The first-order valence-electron chi connectivity index (χ1n) is 3.56. The number of aliphatic imine (C=N–C) groups is 1. The predicted octanol–water partition coefficient (Wildman–Crippen LogP) is 4.96. The summed E-state index contributed by atoms with van der Waals surface area (Å²) < 4.78 is 62.0. The lowest BCUT2D eigenvalue weighted by atomic mass is 10.3. The monoisotopic (exact) mass is 279 g/mol. The molecule has 0 aromatic heterocycles. The second-order valence-corrected chi connectivity index (χ2v) is 5.52. The molecule has 0 radical (unpaired) electrons. The van der Waals surface area contributed by atoms with E-state index in [0.717, 1.165) is 12.1 Å². The Kier molecular flexibility index (Phi) is 2.40. The van der Waals surface area contributed by atoms with Gasteiger partial charge in [-0.3, -0.25) is 0 Å². The Morgan fingerprint density at radius 1 is 1.19 bits per heavy atom. The summed E-state index contributed by atoms with van der Waals surface area (Å²) in [6.07, 6.45) is 0.920. The second kappa shape index (κ2) is 2.97. The van der Waals surface area contributed by atoms with Gasteiger partial charge in [0.25, 0.3) is 0 Å². The van der Waals surface area contributed by atoms with Gasteiger partial charge in [-0.05, 0) is 12.1 Å². The fourth-order valence-corrected chi connectivity index (χ4v) is 2.32. The lowest BCUT2D eigenvalue weighted by Gasteiger charge is -2.41. The summed E-state index contributed by atoms with van der Waals surface area (Å²) in [7, 11) is -9.87. The van der Waals surface area contributed by atoms with Gasteiger partial charge < -0.3 is 0 Å². The molecular formula is C7H3ClF5NOS. The van der Waals surface area contributed by atoms with Gasteiger partial charge in [0, 0.05) is 0 Å². The zero-order valence-corrected chi connectivity index (χ0v) is 8.84. The Morgan fingerprint density at radius 2 is 1.75 bits per heavy atom. The number of rotatable bonds is 2. The van der Waals surface area contributed by atoms with Crippen LogP contribution in [0.15, 0.2) is 28.1 Å². The fourth-order valence-electron chi connectivity index (χ4n) is 0.933. The van der Waals surface area contributed by atoms with Crippen LogP contribution in [0.4, 0.5) is 25.1 Å². The molecule has 0 aliphatic carbocycles. The summed E-state index contributed by atoms with van der Waals surface area (Å²) in [5, 5.41) is -1.31. The number of hydrogen-bond donors (Lipinski definition) is 0. The van der Waals surface area contributed by atoms with Gasteiger partial charge in [0.1, 0.15) is 4.90 Å². The Bertz CT molecular complexity index is 493. The Hall–Kier alpha value is -1.11. The topological polar surface area (TPSA) is 29.4 Å². The highest BCUT2D eigenvalue weighted by Crippen LogP contribution is 3.02. The SMILES string of the molecule is O=C=Nc1cccc(S(F)(F)(F)(F)F)c1Cl. The van der Waals surface area contributed by atoms with Gasteiger partial charge in [-0.2, -0.15) is 4.99 Å². The van der Waals surface area contributed by atoms with E-state index in [2.05, 4.69) is 4.99 Å². The summed E-state index contributed by atoms with van der Waals surface area (Å²) in [6.45, 7) is 0. The average Bonchev–Trinajstić information content (AvgIpc) is 2.04. The molecule has 0 spiro atoms. The van der Waals surface area contributed by atoms with Crippen LogP contribution >= 0.6 is 21.8 Å². The molecule has 0 heterocycles. The minimum Gasteiger partial charge on any atom is -0.211 e. The van der Waals surface area contributed by atoms with Gasteiger partial charge >= 0.3 is 10.2 Å². The molecule has 0 aliphatic rings. The molecule has 90 valence electrons. The second-order valence-electron chi connectivity index (χ2n) is 2.76. The average molecular weight is 280 g/mol. The first-order valence-corrected chi connectivity index (χ1v) is 5.89. The van der Waals surface area contributed by atoms with Crippen molar-refractivity contribution in [2.45, 2.75) is 4.90 Å². The van der Waals surface area contributed by atoms with Crippen molar-refractivity contribution in [3.05, 3.63) is 23.2 Å². The van der Waals surface area contributed by atoms with E-state index in [0.29, 0.717) is 6.07 Å². The van der Waals surface area contributed by atoms with Crippen molar-refractivity contribution in [2.24, 2.45) is 4.99 Å². The third-order valence-corrected chi connectivity index (χ3v) is 3.21. The third kappa shape index (κ3) is 2.72. The van der Waals surface area contributed by atoms with Crippen LogP contribution in [0.1, 0.15) is 0 Å². The fraction of sp³-hybridized carbons (Fsp3) is 0. The van der Waals surface area contributed by atoms with Gasteiger partial charge in [0.15, 0.2) is 0 Å². The molecule has 0 bridgehead atoms. The summed E-state index contributed by atoms with van der Waals surface area (Å²) in [5.41, 5.74) is -0.706. The molecule has 0 aliphatic heterocycles. The van der Waals surface area contributed by atoms with Gasteiger partial charge in [-0.1, -0.05) is 37.1 Å². The van der Waals surface area contributed by atoms with Crippen LogP contribution < -0.4 is 0 Å². The normalized spacial score (nSPS) is 15.9. The van der Waals surface area contributed by atoms with Crippen molar-refractivity contribution in [3.63, 3.8) is 0 Å². The van der Waals surface area contributed by atoms with Crippen molar-refractivity contribution >= 4 is 33.6 Å². The largest absolute Gasteiger partial charge is 0.311 e. The number of isocyanates is 1. The smallest absolute Gasteiger partial charge is 0.211 e. The first-order chi connectivity index (χ1) is 6.95. The van der Waals surface area contributed by atoms with Crippen LogP contribution in [0.3, 0.4) is 0 Å². The molecule has 9 heteroatoms. The van der Waals surface area contributed by atoms with Crippen LogP contribution in [0.5, 0.6) is 0 Å². The van der Waals surface area contributed by atoms with Crippen molar-refractivity contribution in [2.75, 3.05) is 0 Å². The third-order valence-electron chi connectivity index (χ3n) is 1.52. The molecule has 2 nitrogen and oxygen atoms in total. The van der Waals surface area contributed by atoms with Crippen molar-refractivity contribution in [1.29, 1.82) is 0 Å². The van der Waals surface area contributed by atoms with Gasteiger partial charge in [-0.25, -0.2) is 4.79 Å². The zero-order chi connectivity index (χ0) is 12.7. The van der Waals surface area contributed by atoms with E-state index in [1.165, 1.54) is 0 Å². The van der Waals surface area contributed by atoms with Gasteiger partial charge in [0.05, 0.1) is 10.7 Å². The minimum atomic E-state index is -9.87. The van der Waals surface area contributed by atoms with E-state index < -0.39 is 25.8 Å². The highest BCUT2D eigenvalue weighted by atomic mass is 35.5. The summed E-state index contributed by atoms with van der Waals surface area (Å²) in [5.74, 6) is 0. The lowest BCUT2D eigenvalue weighted by molar-refractivity contribution is 0.364. The minimum absolute atomic E-state index is 0.133.